The van der Waals surface area contributed by atoms with Crippen LogP contribution in [-0.2, 0) is 19.9 Å². The number of aromatic nitrogens is 2. The lowest BCUT2D eigenvalue weighted by molar-refractivity contribution is 0.649. The monoisotopic (exact) mass is 367 g/mol. The topological polar surface area (TPSA) is 43.8 Å². The van der Waals surface area contributed by atoms with Crippen LogP contribution in [-0.4, -0.2) is 21.6 Å². The maximum atomic E-state index is 6.29. The van der Waals surface area contributed by atoms with Crippen molar-refractivity contribution in [2.75, 3.05) is 5.75 Å². The molecule has 0 amide bonds. The molecular weight excluding hydrogens is 346 g/mol. The minimum absolute atomic E-state index is 0.118. The van der Waals surface area contributed by atoms with Gasteiger partial charge < -0.3 is 5.73 Å². The SMILES string of the molecule is CCc1nn(C)c(CC(N)CSc2ccc(C)cc2)c1Br. The molecule has 2 rings (SSSR count). The highest BCUT2D eigenvalue weighted by Gasteiger charge is 2.15. The van der Waals surface area contributed by atoms with Crippen LogP contribution in [0.3, 0.4) is 0 Å². The maximum Gasteiger partial charge on any atom is 0.0766 e. The number of benzene rings is 1. The second kappa shape index (κ2) is 7.47. The van der Waals surface area contributed by atoms with Gasteiger partial charge in [-0.05, 0) is 41.4 Å². The second-order valence-corrected chi connectivity index (χ2v) is 7.16. The summed E-state index contributed by atoms with van der Waals surface area (Å²) in [5.74, 6) is 0.905. The van der Waals surface area contributed by atoms with Crippen molar-refractivity contribution in [3.05, 3.63) is 45.7 Å². The van der Waals surface area contributed by atoms with Crippen LogP contribution in [0.1, 0.15) is 23.9 Å². The fraction of sp³-hybridized carbons (Fsp3) is 0.438. The number of thioether (sulfide) groups is 1. The summed E-state index contributed by atoms with van der Waals surface area (Å²) >= 11 is 5.46. The van der Waals surface area contributed by atoms with E-state index in [9.17, 15) is 0 Å². The highest BCUT2D eigenvalue weighted by molar-refractivity contribution is 9.10. The van der Waals surface area contributed by atoms with Crippen molar-refractivity contribution in [2.45, 2.75) is 37.6 Å². The number of nitrogens with zero attached hydrogens (tertiary/aromatic N) is 2. The van der Waals surface area contributed by atoms with Crippen molar-refractivity contribution in [1.82, 2.24) is 9.78 Å². The minimum Gasteiger partial charge on any atom is -0.327 e. The van der Waals surface area contributed by atoms with Crippen molar-refractivity contribution in [1.29, 1.82) is 0 Å². The molecule has 0 fully saturated rings. The Balaban J connectivity index is 1.94. The van der Waals surface area contributed by atoms with Gasteiger partial charge >= 0.3 is 0 Å². The first kappa shape index (κ1) is 16.6. The van der Waals surface area contributed by atoms with E-state index >= 15 is 0 Å². The Bertz CT molecular complexity index is 592. The van der Waals surface area contributed by atoms with Gasteiger partial charge in [0.15, 0.2) is 0 Å². The Morgan fingerprint density at radius 2 is 2.00 bits per heavy atom. The van der Waals surface area contributed by atoms with Gasteiger partial charge in [0.25, 0.3) is 0 Å². The largest absolute Gasteiger partial charge is 0.327 e. The van der Waals surface area contributed by atoms with Crippen LogP contribution in [0.15, 0.2) is 33.6 Å². The van der Waals surface area contributed by atoms with Gasteiger partial charge in [-0.3, -0.25) is 4.68 Å². The number of hydrogen-bond donors (Lipinski definition) is 1. The average molecular weight is 368 g/mol. The summed E-state index contributed by atoms with van der Waals surface area (Å²) in [4.78, 5) is 1.27. The summed E-state index contributed by atoms with van der Waals surface area (Å²) in [7, 11) is 1.99. The van der Waals surface area contributed by atoms with Crippen LogP contribution in [0.2, 0.25) is 0 Å². The molecular formula is C16H22BrN3S. The molecule has 114 valence electrons. The lowest BCUT2D eigenvalue weighted by atomic mass is 10.2. The number of rotatable bonds is 6. The zero-order valence-electron chi connectivity index (χ0n) is 12.8. The van der Waals surface area contributed by atoms with Crippen LogP contribution >= 0.6 is 27.7 Å². The summed E-state index contributed by atoms with van der Waals surface area (Å²) in [6.45, 7) is 4.22. The lowest BCUT2D eigenvalue weighted by Gasteiger charge is -2.12. The van der Waals surface area contributed by atoms with E-state index in [-0.39, 0.29) is 6.04 Å². The number of hydrogen-bond acceptors (Lipinski definition) is 3. The van der Waals surface area contributed by atoms with Crippen LogP contribution in [0, 0.1) is 6.92 Å². The van der Waals surface area contributed by atoms with Gasteiger partial charge in [-0.1, -0.05) is 24.6 Å². The number of nitrogens with two attached hydrogens (primary N) is 1. The van der Waals surface area contributed by atoms with E-state index < -0.39 is 0 Å². The summed E-state index contributed by atoms with van der Waals surface area (Å²) in [6.07, 6.45) is 1.77. The van der Waals surface area contributed by atoms with Crippen molar-refractivity contribution in [3.63, 3.8) is 0 Å². The first-order valence-electron chi connectivity index (χ1n) is 7.16. The van der Waals surface area contributed by atoms with Gasteiger partial charge in [0.05, 0.1) is 15.9 Å². The van der Waals surface area contributed by atoms with Crippen LogP contribution in [0.5, 0.6) is 0 Å². The molecule has 0 aliphatic carbocycles. The molecule has 1 heterocycles. The Morgan fingerprint density at radius 1 is 1.33 bits per heavy atom. The van der Waals surface area contributed by atoms with E-state index in [2.05, 4.69) is 59.1 Å². The van der Waals surface area contributed by atoms with E-state index in [0.29, 0.717) is 0 Å². The first-order chi connectivity index (χ1) is 10.0. The van der Waals surface area contributed by atoms with E-state index in [1.165, 1.54) is 16.2 Å². The minimum atomic E-state index is 0.118. The normalized spacial score (nSPS) is 12.6. The molecule has 0 aliphatic heterocycles. The number of halogens is 1. The van der Waals surface area contributed by atoms with Crippen molar-refractivity contribution in [3.8, 4) is 0 Å². The summed E-state index contributed by atoms with van der Waals surface area (Å²) in [5, 5.41) is 4.52. The Hall–Kier alpha value is -0.780. The molecule has 3 nitrogen and oxygen atoms in total. The third-order valence-electron chi connectivity index (χ3n) is 3.44. The maximum absolute atomic E-state index is 6.29. The molecule has 2 aromatic rings. The summed E-state index contributed by atoms with van der Waals surface area (Å²) < 4.78 is 3.06. The first-order valence-corrected chi connectivity index (χ1v) is 8.94. The lowest BCUT2D eigenvalue weighted by Crippen LogP contribution is -2.26. The van der Waals surface area contributed by atoms with Crippen LogP contribution in [0.25, 0.3) is 0 Å². The van der Waals surface area contributed by atoms with Gasteiger partial charge in [-0.25, -0.2) is 0 Å². The molecule has 0 radical (unpaired) electrons. The van der Waals surface area contributed by atoms with Gasteiger partial charge in [0.1, 0.15) is 0 Å². The van der Waals surface area contributed by atoms with E-state index in [4.69, 9.17) is 5.73 Å². The molecule has 1 atom stereocenters. The van der Waals surface area contributed by atoms with E-state index in [1.807, 2.05) is 23.5 Å². The molecule has 1 aromatic heterocycles. The zero-order chi connectivity index (χ0) is 15.4. The molecule has 1 unspecified atom stereocenters. The highest BCUT2D eigenvalue weighted by Crippen LogP contribution is 2.24. The third-order valence-corrected chi connectivity index (χ3v) is 5.56. The fourth-order valence-electron chi connectivity index (χ4n) is 2.19. The molecule has 5 heteroatoms. The molecule has 0 aliphatic rings. The van der Waals surface area contributed by atoms with Gasteiger partial charge in [0, 0.05) is 30.2 Å². The highest BCUT2D eigenvalue weighted by atomic mass is 79.9. The third kappa shape index (κ3) is 4.34. The molecule has 2 N–H and O–H groups in total. The molecule has 0 spiro atoms. The molecule has 0 bridgehead atoms. The second-order valence-electron chi connectivity index (χ2n) is 5.27. The van der Waals surface area contributed by atoms with E-state index in [0.717, 1.165) is 28.8 Å². The Kier molecular flexibility index (Phi) is 5.90. The Labute approximate surface area is 139 Å². The van der Waals surface area contributed by atoms with Crippen molar-refractivity contribution < 1.29 is 0 Å². The van der Waals surface area contributed by atoms with Gasteiger partial charge in [-0.2, -0.15) is 5.10 Å². The predicted molar refractivity (Wildman–Crippen MR) is 93.9 cm³/mol. The predicted octanol–water partition coefficient (Wildman–Crippen LogP) is 3.72. The zero-order valence-corrected chi connectivity index (χ0v) is 15.2. The van der Waals surface area contributed by atoms with Crippen molar-refractivity contribution in [2.24, 2.45) is 12.8 Å². The summed E-state index contributed by atoms with van der Waals surface area (Å²) in [6, 6.07) is 8.70. The van der Waals surface area contributed by atoms with Crippen molar-refractivity contribution >= 4 is 27.7 Å². The van der Waals surface area contributed by atoms with Crippen LogP contribution < -0.4 is 5.73 Å². The molecule has 21 heavy (non-hydrogen) atoms. The standard InChI is InChI=1S/C16H22BrN3S/c1-4-14-16(17)15(20(3)19-14)9-12(18)10-21-13-7-5-11(2)6-8-13/h5-8,12H,4,9-10,18H2,1-3H3. The number of aryl methyl sites for hydroxylation is 3. The summed E-state index contributed by atoms with van der Waals surface area (Å²) in [5.41, 5.74) is 9.86. The smallest absolute Gasteiger partial charge is 0.0766 e. The van der Waals surface area contributed by atoms with Crippen LogP contribution in [0.4, 0.5) is 0 Å². The molecule has 0 saturated carbocycles. The van der Waals surface area contributed by atoms with Gasteiger partial charge in [-0.15, -0.1) is 11.8 Å². The van der Waals surface area contributed by atoms with E-state index in [1.54, 1.807) is 0 Å². The molecule has 1 aromatic carbocycles. The molecule has 0 saturated heterocycles. The Morgan fingerprint density at radius 3 is 2.57 bits per heavy atom. The quantitative estimate of drug-likeness (QED) is 0.791. The average Bonchev–Trinajstić information content (AvgIpc) is 2.74. The fourth-order valence-corrected chi connectivity index (χ4v) is 3.82. The van der Waals surface area contributed by atoms with Gasteiger partial charge in [0.2, 0.25) is 0 Å².